The lowest BCUT2D eigenvalue weighted by atomic mass is 10.2. The average Bonchev–Trinajstić information content (AvgIpc) is 2.76. The summed E-state index contributed by atoms with van der Waals surface area (Å²) < 4.78 is 38.0. The molecule has 0 saturated carbocycles. The Bertz CT molecular complexity index is 653. The SMILES string of the molecule is Nc1cn[nH]c1C(=O)Nc1ccc(Cl)c(C(F)(F)F)c1. The molecule has 2 aromatic rings. The number of benzene rings is 1. The second kappa shape index (κ2) is 5.04. The first-order chi connectivity index (χ1) is 9.29. The number of anilines is 2. The van der Waals surface area contributed by atoms with Crippen LogP contribution in [0.2, 0.25) is 5.02 Å². The van der Waals surface area contributed by atoms with Crippen LogP contribution < -0.4 is 11.1 Å². The first-order valence-electron chi connectivity index (χ1n) is 5.26. The molecule has 1 amide bonds. The highest BCUT2D eigenvalue weighted by Crippen LogP contribution is 2.36. The maximum atomic E-state index is 12.7. The van der Waals surface area contributed by atoms with E-state index in [-0.39, 0.29) is 17.1 Å². The number of carbonyl (C=O) groups is 1. The molecule has 9 heteroatoms. The number of rotatable bonds is 2. The van der Waals surface area contributed by atoms with E-state index in [1.807, 2.05) is 0 Å². The molecule has 0 spiro atoms. The van der Waals surface area contributed by atoms with E-state index in [1.54, 1.807) is 0 Å². The van der Waals surface area contributed by atoms with E-state index < -0.39 is 22.7 Å². The number of nitrogens with zero attached hydrogens (tertiary/aromatic N) is 1. The van der Waals surface area contributed by atoms with E-state index in [4.69, 9.17) is 17.3 Å². The lowest BCUT2D eigenvalue weighted by molar-refractivity contribution is -0.137. The number of nitrogen functional groups attached to an aromatic ring is 1. The van der Waals surface area contributed by atoms with Gasteiger partial charge in [-0.2, -0.15) is 18.3 Å². The van der Waals surface area contributed by atoms with Crippen LogP contribution in [0.4, 0.5) is 24.5 Å². The Balaban J connectivity index is 2.27. The molecule has 0 fully saturated rings. The molecule has 0 aliphatic rings. The molecule has 1 aromatic heterocycles. The normalized spacial score (nSPS) is 11.4. The fourth-order valence-corrected chi connectivity index (χ4v) is 1.72. The minimum absolute atomic E-state index is 0.0338. The molecule has 0 saturated heterocycles. The number of amides is 1. The molecule has 20 heavy (non-hydrogen) atoms. The molecule has 0 radical (unpaired) electrons. The van der Waals surface area contributed by atoms with Crippen LogP contribution in [0.1, 0.15) is 16.1 Å². The van der Waals surface area contributed by atoms with Gasteiger partial charge in [-0.15, -0.1) is 0 Å². The molecule has 0 atom stereocenters. The maximum absolute atomic E-state index is 12.7. The zero-order valence-corrected chi connectivity index (χ0v) is 10.5. The van der Waals surface area contributed by atoms with Crippen LogP contribution in [0.25, 0.3) is 0 Å². The highest BCUT2D eigenvalue weighted by atomic mass is 35.5. The summed E-state index contributed by atoms with van der Waals surface area (Å²) in [4.78, 5) is 11.8. The van der Waals surface area contributed by atoms with E-state index in [1.165, 1.54) is 12.3 Å². The van der Waals surface area contributed by atoms with Gasteiger partial charge < -0.3 is 11.1 Å². The Labute approximate surface area is 115 Å². The summed E-state index contributed by atoms with van der Waals surface area (Å²) in [6.45, 7) is 0. The predicted molar refractivity (Wildman–Crippen MR) is 67.4 cm³/mol. The number of hydrogen-bond donors (Lipinski definition) is 3. The van der Waals surface area contributed by atoms with Gasteiger partial charge in [0.1, 0.15) is 5.69 Å². The van der Waals surface area contributed by atoms with Crippen molar-refractivity contribution < 1.29 is 18.0 Å². The predicted octanol–water partition coefficient (Wildman–Crippen LogP) is 2.92. The third kappa shape index (κ3) is 2.85. The molecule has 106 valence electrons. The first kappa shape index (κ1) is 14.2. The van der Waals surface area contributed by atoms with E-state index in [0.29, 0.717) is 0 Å². The summed E-state index contributed by atoms with van der Waals surface area (Å²) in [6, 6.07) is 3.05. The Morgan fingerprint density at radius 3 is 2.65 bits per heavy atom. The van der Waals surface area contributed by atoms with Gasteiger partial charge in [0.2, 0.25) is 0 Å². The number of aromatic amines is 1. The zero-order valence-electron chi connectivity index (χ0n) is 9.75. The molecule has 0 bridgehead atoms. The van der Waals surface area contributed by atoms with Crippen LogP contribution >= 0.6 is 11.6 Å². The Morgan fingerprint density at radius 1 is 1.40 bits per heavy atom. The van der Waals surface area contributed by atoms with Gasteiger partial charge in [0, 0.05) is 5.69 Å². The fourth-order valence-electron chi connectivity index (χ4n) is 1.49. The van der Waals surface area contributed by atoms with Crippen molar-refractivity contribution >= 4 is 28.9 Å². The summed E-state index contributed by atoms with van der Waals surface area (Å²) in [5, 5.41) is 7.72. The van der Waals surface area contributed by atoms with Crippen molar-refractivity contribution in [2.24, 2.45) is 0 Å². The number of aromatic nitrogens is 2. The van der Waals surface area contributed by atoms with Crippen molar-refractivity contribution in [3.8, 4) is 0 Å². The minimum atomic E-state index is -4.61. The lowest BCUT2D eigenvalue weighted by Crippen LogP contribution is -2.15. The molecule has 1 aromatic carbocycles. The molecule has 5 nitrogen and oxygen atoms in total. The van der Waals surface area contributed by atoms with Gasteiger partial charge in [0.25, 0.3) is 5.91 Å². The maximum Gasteiger partial charge on any atom is 0.417 e. The highest BCUT2D eigenvalue weighted by molar-refractivity contribution is 6.31. The molecule has 4 N–H and O–H groups in total. The fraction of sp³-hybridized carbons (Fsp3) is 0.0909. The summed E-state index contributed by atoms with van der Waals surface area (Å²) in [7, 11) is 0. The minimum Gasteiger partial charge on any atom is -0.396 e. The van der Waals surface area contributed by atoms with Crippen LogP contribution in [-0.2, 0) is 6.18 Å². The quantitative estimate of drug-likeness (QED) is 0.797. The largest absolute Gasteiger partial charge is 0.417 e. The standard InChI is InChI=1S/C11H8ClF3N4O/c12-7-2-1-5(3-6(7)11(13,14)15)18-10(20)9-8(16)4-17-19-9/h1-4H,16H2,(H,17,19)(H,18,20). The number of nitrogens with one attached hydrogen (secondary N) is 2. The van der Waals surface area contributed by atoms with Crippen molar-refractivity contribution in [3.63, 3.8) is 0 Å². The first-order valence-corrected chi connectivity index (χ1v) is 5.64. The summed E-state index contributed by atoms with van der Waals surface area (Å²) in [5.74, 6) is -0.699. The average molecular weight is 305 g/mol. The topological polar surface area (TPSA) is 83.8 Å². The van der Waals surface area contributed by atoms with Gasteiger partial charge >= 0.3 is 6.18 Å². The number of nitrogens with two attached hydrogens (primary N) is 1. The Hall–Kier alpha value is -2.22. The van der Waals surface area contributed by atoms with Gasteiger partial charge in [-0.3, -0.25) is 9.89 Å². The monoisotopic (exact) mass is 304 g/mol. The smallest absolute Gasteiger partial charge is 0.396 e. The molecule has 1 heterocycles. The number of H-pyrrole nitrogens is 1. The molecule has 2 rings (SSSR count). The highest BCUT2D eigenvalue weighted by Gasteiger charge is 2.33. The summed E-state index contributed by atoms with van der Waals surface area (Å²) in [5.41, 5.74) is 4.43. The van der Waals surface area contributed by atoms with Crippen LogP contribution in [0.15, 0.2) is 24.4 Å². The van der Waals surface area contributed by atoms with Crippen molar-refractivity contribution in [2.45, 2.75) is 6.18 Å². The molecular formula is C11H8ClF3N4O. The van der Waals surface area contributed by atoms with Crippen molar-refractivity contribution in [1.29, 1.82) is 0 Å². The third-order valence-corrected chi connectivity index (χ3v) is 2.75. The van der Waals surface area contributed by atoms with Gasteiger partial charge in [-0.05, 0) is 18.2 Å². The number of carbonyl (C=O) groups excluding carboxylic acids is 1. The summed E-state index contributed by atoms with van der Waals surface area (Å²) >= 11 is 5.47. The van der Waals surface area contributed by atoms with E-state index in [9.17, 15) is 18.0 Å². The number of hydrogen-bond acceptors (Lipinski definition) is 3. The van der Waals surface area contributed by atoms with E-state index >= 15 is 0 Å². The van der Waals surface area contributed by atoms with Crippen molar-refractivity contribution in [1.82, 2.24) is 10.2 Å². The third-order valence-electron chi connectivity index (χ3n) is 2.43. The molecule has 0 aliphatic carbocycles. The zero-order chi connectivity index (χ0) is 14.9. The number of alkyl halides is 3. The Morgan fingerprint density at radius 2 is 2.10 bits per heavy atom. The van der Waals surface area contributed by atoms with Gasteiger partial charge in [0.15, 0.2) is 0 Å². The van der Waals surface area contributed by atoms with E-state index in [2.05, 4.69) is 15.5 Å². The molecular weight excluding hydrogens is 297 g/mol. The molecule has 0 unspecified atom stereocenters. The summed E-state index contributed by atoms with van der Waals surface area (Å²) in [6.07, 6.45) is -3.39. The lowest BCUT2D eigenvalue weighted by Gasteiger charge is -2.11. The van der Waals surface area contributed by atoms with Crippen LogP contribution in [0.5, 0.6) is 0 Å². The second-order valence-corrected chi connectivity index (χ2v) is 4.25. The van der Waals surface area contributed by atoms with Crippen molar-refractivity contribution in [2.75, 3.05) is 11.1 Å². The van der Waals surface area contributed by atoms with Crippen LogP contribution in [0, 0.1) is 0 Å². The van der Waals surface area contributed by atoms with Crippen LogP contribution in [-0.4, -0.2) is 16.1 Å². The van der Waals surface area contributed by atoms with Gasteiger partial charge in [-0.25, -0.2) is 0 Å². The second-order valence-electron chi connectivity index (χ2n) is 3.85. The van der Waals surface area contributed by atoms with Crippen LogP contribution in [0.3, 0.4) is 0 Å². The number of halogens is 4. The van der Waals surface area contributed by atoms with Crippen molar-refractivity contribution in [3.05, 3.63) is 40.7 Å². The van der Waals surface area contributed by atoms with Gasteiger partial charge in [-0.1, -0.05) is 11.6 Å². The van der Waals surface area contributed by atoms with E-state index in [0.717, 1.165) is 12.1 Å². The Kier molecular flexibility index (Phi) is 3.58. The van der Waals surface area contributed by atoms with Gasteiger partial charge in [0.05, 0.1) is 22.5 Å². The molecule has 0 aliphatic heterocycles.